The number of benzene rings is 1. The molecule has 2 heterocycles. The summed E-state index contributed by atoms with van der Waals surface area (Å²) in [6.45, 7) is 7.91. The van der Waals surface area contributed by atoms with Gasteiger partial charge in [0.25, 0.3) is 0 Å². The Kier molecular flexibility index (Phi) is 3.79. The average Bonchev–Trinajstić information content (AvgIpc) is 2.83. The van der Waals surface area contributed by atoms with Gasteiger partial charge >= 0.3 is 0 Å². The summed E-state index contributed by atoms with van der Waals surface area (Å²) >= 11 is 0. The minimum absolute atomic E-state index is 0.0933. The Morgan fingerprint density at radius 1 is 1.25 bits per heavy atom. The van der Waals surface area contributed by atoms with Crippen molar-refractivity contribution in [2.75, 3.05) is 26.2 Å². The Bertz CT molecular complexity index is 518. The maximum Gasteiger partial charge on any atom is 0.171 e. The van der Waals surface area contributed by atoms with E-state index in [2.05, 4.69) is 11.0 Å². The molecule has 3 rings (SSSR count). The van der Waals surface area contributed by atoms with E-state index in [4.69, 9.17) is 4.74 Å². The van der Waals surface area contributed by atoms with Crippen molar-refractivity contribution >= 4 is 5.78 Å². The Labute approximate surface area is 120 Å². The summed E-state index contributed by atoms with van der Waals surface area (Å²) in [5.74, 6) is 1.16. The van der Waals surface area contributed by atoms with E-state index < -0.39 is 0 Å². The normalized spacial score (nSPS) is 23.3. The number of hydrogen-bond acceptors (Lipinski definition) is 3. The maximum absolute atomic E-state index is 12.8. The third kappa shape index (κ3) is 2.59. The second-order valence-electron chi connectivity index (χ2n) is 6.16. The van der Waals surface area contributed by atoms with Crippen LogP contribution in [0.5, 0.6) is 5.75 Å². The molecule has 1 aromatic rings. The largest absolute Gasteiger partial charge is 0.493 e. The Morgan fingerprint density at radius 2 is 2.00 bits per heavy atom. The Balaban J connectivity index is 1.86. The predicted octanol–water partition coefficient (Wildman–Crippen LogP) is 2.98. The maximum atomic E-state index is 12.8. The van der Waals surface area contributed by atoms with Crippen LogP contribution >= 0.6 is 0 Å². The van der Waals surface area contributed by atoms with Gasteiger partial charge in [-0.3, -0.25) is 4.79 Å². The van der Waals surface area contributed by atoms with E-state index in [0.29, 0.717) is 6.61 Å². The first-order valence-corrected chi connectivity index (χ1v) is 7.66. The van der Waals surface area contributed by atoms with Crippen LogP contribution in [0, 0.1) is 19.8 Å². The SMILES string of the molecule is Cc1cc(C)c2c(c1)OCCC(CN1CCCC1)C2=O. The molecule has 0 aliphatic carbocycles. The second kappa shape index (κ2) is 5.57. The topological polar surface area (TPSA) is 29.5 Å². The molecular formula is C17H23NO2. The van der Waals surface area contributed by atoms with E-state index in [1.807, 2.05) is 19.9 Å². The number of rotatable bonds is 2. The van der Waals surface area contributed by atoms with Crippen molar-refractivity contribution < 1.29 is 9.53 Å². The molecule has 0 spiro atoms. The molecular weight excluding hydrogens is 250 g/mol. The first kappa shape index (κ1) is 13.6. The number of ether oxygens (including phenoxy) is 1. The molecule has 1 atom stereocenters. The zero-order valence-electron chi connectivity index (χ0n) is 12.4. The number of likely N-dealkylation sites (tertiary alicyclic amines) is 1. The van der Waals surface area contributed by atoms with Gasteiger partial charge in [0.1, 0.15) is 5.75 Å². The van der Waals surface area contributed by atoms with Crippen molar-refractivity contribution in [2.24, 2.45) is 5.92 Å². The molecule has 0 amide bonds. The lowest BCUT2D eigenvalue weighted by Crippen LogP contribution is -2.31. The molecule has 2 aliphatic heterocycles. The van der Waals surface area contributed by atoms with Crippen molar-refractivity contribution in [2.45, 2.75) is 33.1 Å². The van der Waals surface area contributed by atoms with Crippen LogP contribution in [0.2, 0.25) is 0 Å². The highest BCUT2D eigenvalue weighted by Crippen LogP contribution is 2.31. The van der Waals surface area contributed by atoms with E-state index in [0.717, 1.165) is 48.5 Å². The highest BCUT2D eigenvalue weighted by atomic mass is 16.5. The van der Waals surface area contributed by atoms with Gasteiger partial charge < -0.3 is 9.64 Å². The van der Waals surface area contributed by atoms with Crippen LogP contribution in [-0.2, 0) is 0 Å². The van der Waals surface area contributed by atoms with Gasteiger partial charge in [0, 0.05) is 12.5 Å². The van der Waals surface area contributed by atoms with Gasteiger partial charge in [-0.15, -0.1) is 0 Å². The molecule has 0 bridgehead atoms. The molecule has 3 heteroatoms. The Hall–Kier alpha value is -1.35. The zero-order chi connectivity index (χ0) is 14.1. The molecule has 0 aromatic heterocycles. The fourth-order valence-electron chi connectivity index (χ4n) is 3.46. The zero-order valence-corrected chi connectivity index (χ0v) is 12.4. The van der Waals surface area contributed by atoms with Gasteiger partial charge in [-0.25, -0.2) is 0 Å². The van der Waals surface area contributed by atoms with Crippen molar-refractivity contribution in [1.82, 2.24) is 4.90 Å². The number of carbonyl (C=O) groups is 1. The second-order valence-corrected chi connectivity index (χ2v) is 6.16. The van der Waals surface area contributed by atoms with Crippen LogP contribution in [-0.4, -0.2) is 36.9 Å². The van der Waals surface area contributed by atoms with Crippen LogP contribution in [0.4, 0.5) is 0 Å². The monoisotopic (exact) mass is 273 g/mol. The van der Waals surface area contributed by atoms with Gasteiger partial charge in [0.2, 0.25) is 0 Å². The smallest absolute Gasteiger partial charge is 0.171 e. The standard InChI is InChI=1S/C17H23NO2/c1-12-9-13(2)16-15(10-12)20-8-5-14(17(16)19)11-18-6-3-4-7-18/h9-10,14H,3-8,11H2,1-2H3. The third-order valence-electron chi connectivity index (χ3n) is 4.46. The molecule has 0 saturated carbocycles. The summed E-state index contributed by atoms with van der Waals surface area (Å²) in [6.07, 6.45) is 3.38. The van der Waals surface area contributed by atoms with Gasteiger partial charge in [-0.2, -0.15) is 0 Å². The molecule has 108 valence electrons. The lowest BCUT2D eigenvalue weighted by Gasteiger charge is -2.21. The summed E-state index contributed by atoms with van der Waals surface area (Å²) < 4.78 is 5.84. The summed E-state index contributed by atoms with van der Waals surface area (Å²) in [5.41, 5.74) is 3.03. The van der Waals surface area contributed by atoms with Gasteiger partial charge in [-0.1, -0.05) is 6.07 Å². The van der Waals surface area contributed by atoms with E-state index >= 15 is 0 Å². The number of fused-ring (bicyclic) bond motifs is 1. The summed E-state index contributed by atoms with van der Waals surface area (Å²) in [5, 5.41) is 0. The molecule has 1 fully saturated rings. The summed E-state index contributed by atoms with van der Waals surface area (Å²) in [6, 6.07) is 4.08. The molecule has 1 saturated heterocycles. The van der Waals surface area contributed by atoms with E-state index in [1.165, 1.54) is 12.8 Å². The minimum atomic E-state index is 0.0933. The number of nitrogens with zero attached hydrogens (tertiary/aromatic N) is 1. The lowest BCUT2D eigenvalue weighted by molar-refractivity contribution is 0.0882. The summed E-state index contributed by atoms with van der Waals surface area (Å²) in [7, 11) is 0. The number of carbonyl (C=O) groups excluding carboxylic acids is 1. The van der Waals surface area contributed by atoms with Crippen molar-refractivity contribution in [3.63, 3.8) is 0 Å². The molecule has 20 heavy (non-hydrogen) atoms. The van der Waals surface area contributed by atoms with Crippen LogP contribution in [0.3, 0.4) is 0 Å². The number of aryl methyl sites for hydroxylation is 2. The van der Waals surface area contributed by atoms with Crippen LogP contribution in [0.25, 0.3) is 0 Å². The van der Waals surface area contributed by atoms with Gasteiger partial charge in [-0.05, 0) is 63.4 Å². The highest BCUT2D eigenvalue weighted by molar-refractivity contribution is 6.02. The van der Waals surface area contributed by atoms with Crippen LogP contribution in [0.15, 0.2) is 12.1 Å². The van der Waals surface area contributed by atoms with Crippen molar-refractivity contribution in [3.8, 4) is 5.75 Å². The average molecular weight is 273 g/mol. The van der Waals surface area contributed by atoms with E-state index in [1.54, 1.807) is 0 Å². The van der Waals surface area contributed by atoms with E-state index in [-0.39, 0.29) is 11.7 Å². The molecule has 2 aliphatic rings. The van der Waals surface area contributed by atoms with E-state index in [9.17, 15) is 4.79 Å². The Morgan fingerprint density at radius 3 is 2.75 bits per heavy atom. The fraction of sp³-hybridized carbons (Fsp3) is 0.588. The molecule has 0 radical (unpaired) electrons. The van der Waals surface area contributed by atoms with Crippen LogP contribution in [0.1, 0.15) is 40.7 Å². The quantitative estimate of drug-likeness (QED) is 0.829. The lowest BCUT2D eigenvalue weighted by atomic mass is 9.91. The first-order valence-electron chi connectivity index (χ1n) is 7.66. The predicted molar refractivity (Wildman–Crippen MR) is 79.5 cm³/mol. The molecule has 0 N–H and O–H groups in total. The van der Waals surface area contributed by atoms with Crippen molar-refractivity contribution in [1.29, 1.82) is 0 Å². The van der Waals surface area contributed by atoms with Gasteiger partial charge in [0.05, 0.1) is 12.2 Å². The minimum Gasteiger partial charge on any atom is -0.493 e. The number of Topliss-reactive ketones (excluding diaryl/α,β-unsaturated/α-hetero) is 1. The fourth-order valence-corrected chi connectivity index (χ4v) is 3.46. The van der Waals surface area contributed by atoms with Crippen LogP contribution < -0.4 is 4.74 Å². The number of hydrogen-bond donors (Lipinski definition) is 0. The molecule has 3 nitrogen and oxygen atoms in total. The van der Waals surface area contributed by atoms with Gasteiger partial charge in [0.15, 0.2) is 5.78 Å². The number of ketones is 1. The van der Waals surface area contributed by atoms with Crippen molar-refractivity contribution in [3.05, 3.63) is 28.8 Å². The third-order valence-corrected chi connectivity index (χ3v) is 4.46. The summed E-state index contributed by atoms with van der Waals surface area (Å²) in [4.78, 5) is 15.3. The molecule has 1 aromatic carbocycles. The first-order chi connectivity index (χ1) is 9.65. The molecule has 1 unspecified atom stereocenters. The highest BCUT2D eigenvalue weighted by Gasteiger charge is 2.30.